The van der Waals surface area contributed by atoms with Gasteiger partial charge in [0.05, 0.1) is 27.3 Å². The predicted octanol–water partition coefficient (Wildman–Crippen LogP) is 2.30. The fourth-order valence-electron chi connectivity index (χ4n) is 3.09. The van der Waals surface area contributed by atoms with E-state index in [4.69, 9.17) is 19.7 Å². The van der Waals surface area contributed by atoms with E-state index in [1.54, 1.807) is 14.2 Å². The van der Waals surface area contributed by atoms with Crippen LogP contribution in [0.3, 0.4) is 0 Å². The molecule has 8 heteroatoms. The number of ether oxygens (including phenoxy) is 2. The average molecular weight is 355 g/mol. The van der Waals surface area contributed by atoms with Crippen molar-refractivity contribution in [2.75, 3.05) is 20.8 Å². The van der Waals surface area contributed by atoms with E-state index in [0.29, 0.717) is 18.3 Å². The summed E-state index contributed by atoms with van der Waals surface area (Å²) < 4.78 is 16.0. The van der Waals surface area contributed by atoms with Crippen molar-refractivity contribution >= 4 is 12.4 Å². The van der Waals surface area contributed by atoms with E-state index < -0.39 is 0 Å². The first-order chi connectivity index (χ1) is 11.2. The maximum Gasteiger partial charge on any atom is 0.240 e. The molecule has 132 valence electrons. The average Bonchev–Trinajstić information content (AvgIpc) is 3.23. The molecule has 24 heavy (non-hydrogen) atoms. The number of aromatic nitrogens is 2. The van der Waals surface area contributed by atoms with Crippen molar-refractivity contribution in [2.45, 2.75) is 32.0 Å². The number of likely N-dealkylation sites (tertiary alicyclic amines) is 1. The second-order valence-corrected chi connectivity index (χ2v) is 5.54. The third kappa shape index (κ3) is 3.80. The molecule has 0 saturated carbocycles. The molecule has 7 nitrogen and oxygen atoms in total. The summed E-state index contributed by atoms with van der Waals surface area (Å²) in [7, 11) is 3.36. The molecule has 2 N–H and O–H groups in total. The molecule has 2 aromatic rings. The van der Waals surface area contributed by atoms with Gasteiger partial charge in [0.2, 0.25) is 5.89 Å². The Kier molecular flexibility index (Phi) is 6.42. The molecule has 0 aliphatic carbocycles. The molecule has 1 aromatic carbocycles. The minimum Gasteiger partial charge on any atom is -0.497 e. The van der Waals surface area contributed by atoms with Gasteiger partial charge in [-0.05, 0) is 37.6 Å². The first-order valence-electron chi connectivity index (χ1n) is 7.72. The lowest BCUT2D eigenvalue weighted by Crippen LogP contribution is -2.24. The van der Waals surface area contributed by atoms with Crippen LogP contribution >= 0.6 is 12.4 Å². The zero-order valence-electron chi connectivity index (χ0n) is 13.9. The Labute approximate surface area is 147 Å². The van der Waals surface area contributed by atoms with Crippen LogP contribution in [0.5, 0.6) is 11.5 Å². The van der Waals surface area contributed by atoms with Crippen LogP contribution < -0.4 is 15.2 Å². The third-order valence-corrected chi connectivity index (χ3v) is 4.19. The molecule has 1 saturated heterocycles. The van der Waals surface area contributed by atoms with Gasteiger partial charge in [0.1, 0.15) is 11.5 Å². The molecule has 0 amide bonds. The first kappa shape index (κ1) is 18.5. The topological polar surface area (TPSA) is 86.6 Å². The molecular weight excluding hydrogens is 332 g/mol. The highest BCUT2D eigenvalue weighted by Gasteiger charge is 2.29. The van der Waals surface area contributed by atoms with E-state index in [1.165, 1.54) is 0 Å². The number of hydrogen-bond acceptors (Lipinski definition) is 7. The van der Waals surface area contributed by atoms with Crippen LogP contribution in [0.4, 0.5) is 0 Å². The van der Waals surface area contributed by atoms with Gasteiger partial charge in [-0.2, -0.15) is 4.98 Å². The standard InChI is InChI=1S/C16H22N4O3.ClH/c1-21-11-5-6-14(22-2)12(8-11)13-4-3-7-20(13)10-15-18-16(9-17)23-19-15;/h5-6,8,13H,3-4,7,9-10,17H2,1-2H3;1H. The highest BCUT2D eigenvalue weighted by molar-refractivity contribution is 5.85. The fourth-order valence-corrected chi connectivity index (χ4v) is 3.09. The van der Waals surface area contributed by atoms with Crippen LogP contribution in [-0.2, 0) is 13.1 Å². The fraction of sp³-hybridized carbons (Fsp3) is 0.500. The molecule has 0 bridgehead atoms. The zero-order valence-corrected chi connectivity index (χ0v) is 14.7. The molecule has 1 unspecified atom stereocenters. The number of halogens is 1. The summed E-state index contributed by atoms with van der Waals surface area (Å²) in [5.41, 5.74) is 6.65. The minimum absolute atomic E-state index is 0. The summed E-state index contributed by atoms with van der Waals surface area (Å²) in [6.07, 6.45) is 2.18. The summed E-state index contributed by atoms with van der Waals surface area (Å²) >= 11 is 0. The van der Waals surface area contributed by atoms with E-state index in [9.17, 15) is 0 Å². The number of rotatable bonds is 6. The van der Waals surface area contributed by atoms with Gasteiger partial charge < -0.3 is 19.7 Å². The Bertz CT molecular complexity index is 665. The Hall–Kier alpha value is -1.83. The molecule has 1 aromatic heterocycles. The third-order valence-electron chi connectivity index (χ3n) is 4.19. The number of benzene rings is 1. The van der Waals surface area contributed by atoms with Crippen molar-refractivity contribution in [3.8, 4) is 11.5 Å². The van der Waals surface area contributed by atoms with Crippen molar-refractivity contribution < 1.29 is 14.0 Å². The SMILES string of the molecule is COc1ccc(OC)c(C2CCCN2Cc2noc(CN)n2)c1.Cl. The summed E-state index contributed by atoms with van der Waals surface area (Å²) in [5, 5.41) is 3.99. The monoisotopic (exact) mass is 354 g/mol. The molecule has 1 aliphatic heterocycles. The highest BCUT2D eigenvalue weighted by atomic mass is 35.5. The maximum atomic E-state index is 5.53. The second kappa shape index (κ2) is 8.32. The number of hydrogen-bond donors (Lipinski definition) is 1. The largest absolute Gasteiger partial charge is 0.497 e. The zero-order chi connectivity index (χ0) is 16.2. The molecule has 1 aliphatic rings. The van der Waals surface area contributed by atoms with Gasteiger partial charge in [-0.25, -0.2) is 0 Å². The van der Waals surface area contributed by atoms with E-state index in [-0.39, 0.29) is 25.0 Å². The van der Waals surface area contributed by atoms with Crippen molar-refractivity contribution in [1.82, 2.24) is 15.0 Å². The van der Waals surface area contributed by atoms with E-state index in [0.717, 1.165) is 36.4 Å². The van der Waals surface area contributed by atoms with Gasteiger partial charge >= 0.3 is 0 Å². The van der Waals surface area contributed by atoms with Crippen molar-refractivity contribution in [2.24, 2.45) is 5.73 Å². The Morgan fingerprint density at radius 1 is 1.33 bits per heavy atom. The van der Waals surface area contributed by atoms with Crippen molar-refractivity contribution in [3.05, 3.63) is 35.5 Å². The maximum absolute atomic E-state index is 5.53. The predicted molar refractivity (Wildman–Crippen MR) is 91.4 cm³/mol. The van der Waals surface area contributed by atoms with Crippen LogP contribution in [-0.4, -0.2) is 35.8 Å². The number of nitrogens with two attached hydrogens (primary N) is 1. The number of nitrogens with zero attached hydrogens (tertiary/aromatic N) is 3. The van der Waals surface area contributed by atoms with Gasteiger partial charge in [-0.3, -0.25) is 4.90 Å². The van der Waals surface area contributed by atoms with E-state index in [1.807, 2.05) is 18.2 Å². The Balaban J connectivity index is 0.00000208. The molecule has 1 fully saturated rings. The minimum atomic E-state index is 0. The van der Waals surface area contributed by atoms with Crippen LogP contribution in [0.15, 0.2) is 22.7 Å². The Morgan fingerprint density at radius 3 is 2.83 bits per heavy atom. The summed E-state index contributed by atoms with van der Waals surface area (Å²) in [6, 6.07) is 6.16. The van der Waals surface area contributed by atoms with Crippen LogP contribution in [0, 0.1) is 0 Å². The highest BCUT2D eigenvalue weighted by Crippen LogP contribution is 2.39. The first-order valence-corrected chi connectivity index (χ1v) is 7.72. The lowest BCUT2D eigenvalue weighted by atomic mass is 10.0. The van der Waals surface area contributed by atoms with Crippen LogP contribution in [0.1, 0.15) is 36.2 Å². The van der Waals surface area contributed by atoms with Gasteiger partial charge in [0.25, 0.3) is 0 Å². The molecule has 3 rings (SSSR count). The molecule has 2 heterocycles. The summed E-state index contributed by atoms with van der Waals surface area (Å²) in [5.74, 6) is 2.84. The van der Waals surface area contributed by atoms with E-state index in [2.05, 4.69) is 15.0 Å². The Morgan fingerprint density at radius 2 is 2.17 bits per heavy atom. The quantitative estimate of drug-likeness (QED) is 0.851. The lowest BCUT2D eigenvalue weighted by molar-refractivity contribution is 0.232. The van der Waals surface area contributed by atoms with Crippen LogP contribution in [0.25, 0.3) is 0 Å². The second-order valence-electron chi connectivity index (χ2n) is 5.54. The smallest absolute Gasteiger partial charge is 0.240 e. The van der Waals surface area contributed by atoms with Crippen molar-refractivity contribution in [1.29, 1.82) is 0 Å². The van der Waals surface area contributed by atoms with Gasteiger partial charge in [-0.15, -0.1) is 12.4 Å². The molecule has 0 radical (unpaired) electrons. The van der Waals surface area contributed by atoms with Gasteiger partial charge in [0, 0.05) is 11.6 Å². The van der Waals surface area contributed by atoms with Crippen LogP contribution in [0.2, 0.25) is 0 Å². The molecular formula is C16H23ClN4O3. The number of methoxy groups -OCH3 is 2. The summed E-state index contributed by atoms with van der Waals surface area (Å²) in [4.78, 5) is 6.63. The van der Waals surface area contributed by atoms with E-state index >= 15 is 0 Å². The normalized spacial score (nSPS) is 17.5. The summed E-state index contributed by atoms with van der Waals surface area (Å²) in [6.45, 7) is 1.88. The van der Waals surface area contributed by atoms with Gasteiger partial charge in [0.15, 0.2) is 5.82 Å². The lowest BCUT2D eigenvalue weighted by Gasteiger charge is -2.25. The van der Waals surface area contributed by atoms with Crippen molar-refractivity contribution in [3.63, 3.8) is 0 Å². The molecule has 0 spiro atoms. The molecule has 1 atom stereocenters. The van der Waals surface area contributed by atoms with Gasteiger partial charge in [-0.1, -0.05) is 5.16 Å².